The van der Waals surface area contributed by atoms with E-state index in [2.05, 4.69) is 10.6 Å². The molecule has 0 aromatic heterocycles. The third kappa shape index (κ3) is 4.84. The van der Waals surface area contributed by atoms with Crippen LogP contribution in [0.1, 0.15) is 10.4 Å². The number of hydrogen-bond donors (Lipinski definition) is 2. The average molecular weight is 444 g/mol. The fourth-order valence-electron chi connectivity index (χ4n) is 3.34. The zero-order chi connectivity index (χ0) is 21.8. The van der Waals surface area contributed by atoms with E-state index in [4.69, 9.17) is 26.4 Å². The molecular weight excluding hydrogens is 424 g/mol. The van der Waals surface area contributed by atoms with E-state index in [1.807, 2.05) is 4.90 Å². The molecule has 2 aromatic rings. The molecule has 2 aromatic carbocycles. The van der Waals surface area contributed by atoms with Crippen molar-refractivity contribution < 1.29 is 23.9 Å². The first kappa shape index (κ1) is 20.8. The van der Waals surface area contributed by atoms with Crippen molar-refractivity contribution in [3.8, 4) is 11.5 Å². The van der Waals surface area contributed by atoms with Gasteiger partial charge in [-0.3, -0.25) is 20.2 Å². The minimum Gasteiger partial charge on any atom is -0.486 e. The van der Waals surface area contributed by atoms with E-state index in [9.17, 15) is 14.9 Å². The lowest BCUT2D eigenvalue weighted by molar-refractivity contribution is -0.384. The number of anilines is 2. The first-order valence-electron chi connectivity index (χ1n) is 9.64. The van der Waals surface area contributed by atoms with Gasteiger partial charge in [-0.2, -0.15) is 0 Å². The van der Waals surface area contributed by atoms with E-state index < -0.39 is 10.8 Å². The molecule has 10 nitrogen and oxygen atoms in total. The van der Waals surface area contributed by atoms with Crippen LogP contribution in [0, 0.1) is 10.1 Å². The summed E-state index contributed by atoms with van der Waals surface area (Å²) in [6.07, 6.45) is 0. The standard InChI is InChI=1S/C20H20N4O6S/c25-19(22-20(31)21-14-2-4-17-18(12-14)30-10-9-29-17)13-1-3-15(16(11-13)24(26)27)23-5-7-28-8-6-23/h1-4,11-12H,5-10H2,(H2,21,22,25,31). The number of thiocarbonyl (C=S) groups is 1. The number of nitrogens with zero attached hydrogens (tertiary/aromatic N) is 2. The molecule has 11 heteroatoms. The maximum atomic E-state index is 12.6. The number of hydrogen-bond acceptors (Lipinski definition) is 8. The van der Waals surface area contributed by atoms with E-state index in [0.717, 1.165) is 0 Å². The van der Waals surface area contributed by atoms with E-state index in [1.54, 1.807) is 30.3 Å². The van der Waals surface area contributed by atoms with Crippen molar-refractivity contribution in [1.29, 1.82) is 0 Å². The Morgan fingerprint density at radius 2 is 1.77 bits per heavy atom. The molecular formula is C20H20N4O6S. The van der Waals surface area contributed by atoms with Crippen LogP contribution in [0.15, 0.2) is 36.4 Å². The molecule has 1 fully saturated rings. The number of nitro groups is 1. The lowest BCUT2D eigenvalue weighted by Crippen LogP contribution is -2.37. The molecule has 0 atom stereocenters. The highest BCUT2D eigenvalue weighted by atomic mass is 32.1. The number of fused-ring (bicyclic) bond motifs is 1. The van der Waals surface area contributed by atoms with Crippen LogP contribution < -0.4 is 25.0 Å². The SMILES string of the molecule is O=C(NC(=S)Nc1ccc2c(c1)OCCO2)c1ccc(N2CCOCC2)c([N+](=O)[O-])c1. The Kier molecular flexibility index (Phi) is 6.14. The smallest absolute Gasteiger partial charge is 0.293 e. The summed E-state index contributed by atoms with van der Waals surface area (Å²) in [5.41, 5.74) is 1.07. The molecule has 0 aliphatic carbocycles. The highest BCUT2D eigenvalue weighted by molar-refractivity contribution is 7.80. The van der Waals surface area contributed by atoms with Crippen LogP contribution in [0.3, 0.4) is 0 Å². The Bertz CT molecular complexity index is 1020. The molecule has 2 N–H and O–H groups in total. The molecule has 31 heavy (non-hydrogen) atoms. The predicted molar refractivity (Wildman–Crippen MR) is 117 cm³/mol. The van der Waals surface area contributed by atoms with Gasteiger partial charge < -0.3 is 24.4 Å². The summed E-state index contributed by atoms with van der Waals surface area (Å²) in [5, 5.41) is 17.1. The lowest BCUT2D eigenvalue weighted by atomic mass is 10.1. The Balaban J connectivity index is 1.44. The molecule has 0 radical (unpaired) electrons. The number of benzene rings is 2. The maximum absolute atomic E-state index is 12.6. The molecule has 2 aliphatic rings. The first-order chi connectivity index (χ1) is 15.0. The third-order valence-electron chi connectivity index (χ3n) is 4.81. The Labute approximate surface area is 183 Å². The summed E-state index contributed by atoms with van der Waals surface area (Å²) in [6.45, 7) is 3.05. The van der Waals surface area contributed by atoms with Crippen LogP contribution in [0.25, 0.3) is 0 Å². The maximum Gasteiger partial charge on any atom is 0.293 e. The number of morpholine rings is 1. The van der Waals surface area contributed by atoms with Crippen molar-refractivity contribution in [2.45, 2.75) is 0 Å². The van der Waals surface area contributed by atoms with Gasteiger partial charge in [0.25, 0.3) is 11.6 Å². The molecule has 0 saturated carbocycles. The molecule has 2 heterocycles. The molecule has 1 amide bonds. The number of carbonyl (C=O) groups excluding carboxylic acids is 1. The van der Waals surface area contributed by atoms with E-state index >= 15 is 0 Å². The second-order valence-electron chi connectivity index (χ2n) is 6.83. The third-order valence-corrected chi connectivity index (χ3v) is 5.02. The highest BCUT2D eigenvalue weighted by Gasteiger charge is 2.23. The van der Waals surface area contributed by atoms with Gasteiger partial charge in [-0.25, -0.2) is 0 Å². The van der Waals surface area contributed by atoms with Gasteiger partial charge in [0, 0.05) is 36.5 Å². The van der Waals surface area contributed by atoms with Crippen LogP contribution in [-0.2, 0) is 4.74 Å². The first-order valence-corrected chi connectivity index (χ1v) is 10.1. The lowest BCUT2D eigenvalue weighted by Gasteiger charge is -2.28. The Hall–Kier alpha value is -3.44. The fraction of sp³-hybridized carbons (Fsp3) is 0.300. The predicted octanol–water partition coefficient (Wildman–Crippen LogP) is 2.33. The largest absolute Gasteiger partial charge is 0.486 e. The number of rotatable bonds is 4. The van der Waals surface area contributed by atoms with Crippen molar-refractivity contribution in [3.63, 3.8) is 0 Å². The molecule has 0 bridgehead atoms. The zero-order valence-corrected chi connectivity index (χ0v) is 17.3. The molecule has 0 spiro atoms. The quantitative estimate of drug-likeness (QED) is 0.416. The normalized spacial score (nSPS) is 15.2. The van der Waals surface area contributed by atoms with Crippen molar-refractivity contribution in [2.24, 2.45) is 0 Å². The van der Waals surface area contributed by atoms with Gasteiger partial charge >= 0.3 is 0 Å². The van der Waals surface area contributed by atoms with Gasteiger partial charge in [-0.05, 0) is 36.5 Å². The highest BCUT2D eigenvalue weighted by Crippen LogP contribution is 2.33. The van der Waals surface area contributed by atoms with E-state index in [0.29, 0.717) is 62.4 Å². The number of carbonyl (C=O) groups is 1. The summed E-state index contributed by atoms with van der Waals surface area (Å²) in [6, 6.07) is 9.58. The summed E-state index contributed by atoms with van der Waals surface area (Å²) in [4.78, 5) is 25.6. The Morgan fingerprint density at radius 1 is 1.03 bits per heavy atom. The van der Waals surface area contributed by atoms with Crippen molar-refractivity contribution in [1.82, 2.24) is 5.32 Å². The van der Waals surface area contributed by atoms with Crippen LogP contribution in [0.2, 0.25) is 0 Å². The van der Waals surface area contributed by atoms with Crippen molar-refractivity contribution in [2.75, 3.05) is 49.7 Å². The van der Waals surface area contributed by atoms with Crippen molar-refractivity contribution >= 4 is 40.3 Å². The van der Waals surface area contributed by atoms with Gasteiger partial charge in [0.2, 0.25) is 0 Å². The molecule has 162 valence electrons. The second kappa shape index (κ2) is 9.14. The summed E-state index contributed by atoms with van der Waals surface area (Å²) in [7, 11) is 0. The minimum absolute atomic E-state index is 0.0570. The molecule has 1 saturated heterocycles. The minimum atomic E-state index is -0.549. The van der Waals surface area contributed by atoms with Gasteiger partial charge in [-0.15, -0.1) is 0 Å². The van der Waals surface area contributed by atoms with E-state index in [1.165, 1.54) is 6.07 Å². The van der Waals surface area contributed by atoms with Crippen LogP contribution >= 0.6 is 12.2 Å². The van der Waals surface area contributed by atoms with E-state index in [-0.39, 0.29) is 16.4 Å². The van der Waals surface area contributed by atoms with Gasteiger partial charge in [-0.1, -0.05) is 0 Å². The van der Waals surface area contributed by atoms with Crippen LogP contribution in [0.4, 0.5) is 17.1 Å². The van der Waals surface area contributed by atoms with Crippen LogP contribution in [-0.4, -0.2) is 55.5 Å². The topological polar surface area (TPSA) is 115 Å². The fourth-order valence-corrected chi connectivity index (χ4v) is 3.55. The van der Waals surface area contributed by atoms with Gasteiger partial charge in [0.05, 0.1) is 18.1 Å². The van der Waals surface area contributed by atoms with Crippen molar-refractivity contribution in [3.05, 3.63) is 52.1 Å². The number of nitrogens with one attached hydrogen (secondary N) is 2. The molecule has 4 rings (SSSR count). The molecule has 2 aliphatic heterocycles. The van der Waals surface area contributed by atoms with Crippen LogP contribution in [0.5, 0.6) is 11.5 Å². The zero-order valence-electron chi connectivity index (χ0n) is 16.5. The van der Waals surface area contributed by atoms with Gasteiger partial charge in [0.1, 0.15) is 18.9 Å². The van der Waals surface area contributed by atoms with Gasteiger partial charge in [0.15, 0.2) is 16.6 Å². The Morgan fingerprint density at radius 3 is 2.52 bits per heavy atom. The number of ether oxygens (including phenoxy) is 3. The summed E-state index contributed by atoms with van der Waals surface area (Å²) >= 11 is 5.21. The second-order valence-corrected chi connectivity index (χ2v) is 7.23. The summed E-state index contributed by atoms with van der Waals surface area (Å²) in [5.74, 6) is 0.672. The number of amides is 1. The monoisotopic (exact) mass is 444 g/mol. The number of nitro benzene ring substituents is 1. The molecule has 0 unspecified atom stereocenters. The average Bonchev–Trinajstić information content (AvgIpc) is 2.79. The summed E-state index contributed by atoms with van der Waals surface area (Å²) < 4.78 is 16.3.